The van der Waals surface area contributed by atoms with Gasteiger partial charge in [0, 0.05) is 38.7 Å². The zero-order valence-corrected chi connectivity index (χ0v) is 31.3. The highest BCUT2D eigenvalue weighted by Crippen LogP contribution is 2.39. The molecule has 11 rings (SSSR count). The Bertz CT molecular complexity index is 3110. The van der Waals surface area contributed by atoms with Crippen molar-refractivity contribution in [2.24, 2.45) is 0 Å². The molecule has 0 unspecified atom stereocenters. The van der Waals surface area contributed by atoms with Crippen molar-refractivity contribution in [2.75, 3.05) is 0 Å². The highest BCUT2D eigenvalue weighted by atomic mass is 15.0. The molecule has 0 spiro atoms. The summed E-state index contributed by atoms with van der Waals surface area (Å²) in [6.45, 7) is 0. The zero-order valence-electron chi connectivity index (χ0n) is 31.3. The van der Waals surface area contributed by atoms with Crippen LogP contribution >= 0.6 is 0 Å². The van der Waals surface area contributed by atoms with E-state index in [4.69, 9.17) is 4.98 Å². The first-order valence-electron chi connectivity index (χ1n) is 19.6. The summed E-state index contributed by atoms with van der Waals surface area (Å²) in [5.74, 6) is 0. The van der Waals surface area contributed by atoms with Gasteiger partial charge < -0.3 is 9.13 Å². The molecule has 57 heavy (non-hydrogen) atoms. The molecule has 0 saturated heterocycles. The summed E-state index contributed by atoms with van der Waals surface area (Å²) in [6.07, 6.45) is 9.73. The highest BCUT2D eigenvalue weighted by Gasteiger charge is 2.19. The minimum atomic E-state index is 0.913. The molecular weight excluding hydrogens is 691 g/mol. The monoisotopic (exact) mass is 727 g/mol. The van der Waals surface area contributed by atoms with E-state index in [-0.39, 0.29) is 0 Å². The van der Waals surface area contributed by atoms with Crippen LogP contribution in [0.25, 0.3) is 94.9 Å². The van der Waals surface area contributed by atoms with E-state index in [9.17, 15) is 0 Å². The van der Waals surface area contributed by atoms with E-state index >= 15 is 0 Å². The average molecular weight is 728 g/mol. The van der Waals surface area contributed by atoms with Crippen molar-refractivity contribution >= 4 is 38.8 Å². The third kappa shape index (κ3) is 5.71. The van der Waals surface area contributed by atoms with Crippen LogP contribution in [0, 0.1) is 0 Å². The number of benzene rings is 7. The van der Waals surface area contributed by atoms with E-state index in [1.54, 1.807) is 0 Å². The Morgan fingerprint density at radius 2 is 0.965 bits per heavy atom. The molecule has 0 atom stereocenters. The zero-order chi connectivity index (χ0) is 37.7. The lowest BCUT2D eigenvalue weighted by Gasteiger charge is -2.12. The van der Waals surface area contributed by atoms with Crippen molar-refractivity contribution in [2.45, 2.75) is 6.42 Å². The van der Waals surface area contributed by atoms with Crippen LogP contribution in [0.4, 0.5) is 0 Å². The Balaban J connectivity index is 1.01. The molecule has 0 amide bonds. The number of allylic oxidation sites excluding steroid dienone is 3. The van der Waals surface area contributed by atoms with Crippen LogP contribution in [0.15, 0.2) is 206 Å². The summed E-state index contributed by atoms with van der Waals surface area (Å²) >= 11 is 0. The fourth-order valence-corrected chi connectivity index (χ4v) is 8.65. The lowest BCUT2D eigenvalue weighted by atomic mass is 9.99. The van der Waals surface area contributed by atoms with Gasteiger partial charge in [0.05, 0.1) is 33.6 Å². The summed E-state index contributed by atoms with van der Waals surface area (Å²) in [4.78, 5) is 5.10. The van der Waals surface area contributed by atoms with Gasteiger partial charge in [-0.2, -0.15) is 0 Å². The summed E-state index contributed by atoms with van der Waals surface area (Å²) in [5, 5.41) is 3.78. The predicted octanol–water partition coefficient (Wildman–Crippen LogP) is 13.9. The number of para-hydroxylation sites is 2. The summed E-state index contributed by atoms with van der Waals surface area (Å²) < 4.78 is 4.82. The Kier molecular flexibility index (Phi) is 7.89. The highest BCUT2D eigenvalue weighted by molar-refractivity contribution is 6.10. The normalized spacial score (nSPS) is 12.4. The molecule has 0 fully saturated rings. The second-order valence-electron chi connectivity index (χ2n) is 14.7. The van der Waals surface area contributed by atoms with E-state index in [0.717, 1.165) is 45.7 Å². The summed E-state index contributed by atoms with van der Waals surface area (Å²) in [5.41, 5.74) is 17.4. The van der Waals surface area contributed by atoms with Crippen molar-refractivity contribution in [1.29, 1.82) is 0 Å². The first-order chi connectivity index (χ1) is 28.3. The van der Waals surface area contributed by atoms with Crippen molar-refractivity contribution < 1.29 is 0 Å². The minimum absolute atomic E-state index is 0.913. The fourth-order valence-electron chi connectivity index (χ4n) is 8.65. The van der Waals surface area contributed by atoms with Crippen molar-refractivity contribution in [3.8, 4) is 56.1 Å². The number of aromatic nitrogens is 3. The number of fused-ring (bicyclic) bond motifs is 6. The van der Waals surface area contributed by atoms with Gasteiger partial charge in [-0.25, -0.2) is 4.98 Å². The van der Waals surface area contributed by atoms with Gasteiger partial charge in [0.1, 0.15) is 0 Å². The Hall–Kier alpha value is -7.49. The first-order valence-corrected chi connectivity index (χ1v) is 19.6. The first kappa shape index (κ1) is 32.9. The van der Waals surface area contributed by atoms with E-state index in [2.05, 4.69) is 209 Å². The molecule has 1 aliphatic rings. The standard InChI is InChI=1S/C54H37N3/c1-5-15-38(16-6-1)49-34-42(35-50(55-49)39-17-7-2-8-18-39)37-25-29-44(30-26-37)56-52-24-14-13-22-46(52)48-33-40(28-32-53(48)56)41-27-31-47-45-21-11-4-12-23-51(45)57(54(47)36-41)43-19-9-3-10-20-43/h1-20,22-36H,21H2. The molecule has 0 bridgehead atoms. The van der Waals surface area contributed by atoms with Gasteiger partial charge in [0.25, 0.3) is 0 Å². The second-order valence-corrected chi connectivity index (χ2v) is 14.7. The molecule has 10 aromatic rings. The third-order valence-electron chi connectivity index (χ3n) is 11.4. The third-order valence-corrected chi connectivity index (χ3v) is 11.4. The van der Waals surface area contributed by atoms with Gasteiger partial charge in [-0.05, 0) is 101 Å². The van der Waals surface area contributed by atoms with Crippen molar-refractivity contribution in [1.82, 2.24) is 14.1 Å². The van der Waals surface area contributed by atoms with E-state index in [1.807, 2.05) is 12.1 Å². The van der Waals surface area contributed by atoms with Gasteiger partial charge in [-0.15, -0.1) is 0 Å². The minimum Gasteiger partial charge on any atom is -0.310 e. The molecule has 0 aliphatic heterocycles. The molecule has 0 N–H and O–H groups in total. The number of rotatable bonds is 6. The maximum Gasteiger partial charge on any atom is 0.0715 e. The lowest BCUT2D eigenvalue weighted by molar-refractivity contribution is 1.09. The van der Waals surface area contributed by atoms with Crippen LogP contribution in [0.5, 0.6) is 0 Å². The molecule has 3 heteroatoms. The SMILES string of the molecule is C1=CCc2c(n(-c3ccccc3)c3cc(-c4ccc5c(c4)c4ccccc4n5-c4ccc(-c5cc(-c6ccccc6)nc(-c6ccccc6)c5)cc4)ccc23)C=C1. The van der Waals surface area contributed by atoms with Crippen LogP contribution in [0.3, 0.4) is 0 Å². The maximum absolute atomic E-state index is 5.10. The summed E-state index contributed by atoms with van der Waals surface area (Å²) in [6, 6.07) is 67.7. The Morgan fingerprint density at radius 1 is 0.368 bits per heavy atom. The van der Waals surface area contributed by atoms with E-state index in [1.165, 1.54) is 60.8 Å². The topological polar surface area (TPSA) is 22.8 Å². The molecule has 3 nitrogen and oxygen atoms in total. The number of hydrogen-bond acceptors (Lipinski definition) is 1. The molecule has 1 aliphatic carbocycles. The van der Waals surface area contributed by atoms with Crippen LogP contribution in [-0.2, 0) is 6.42 Å². The molecule has 268 valence electrons. The van der Waals surface area contributed by atoms with Gasteiger partial charge in [-0.3, -0.25) is 0 Å². The van der Waals surface area contributed by atoms with E-state index in [0.29, 0.717) is 0 Å². The summed E-state index contributed by atoms with van der Waals surface area (Å²) in [7, 11) is 0. The Labute approximate surface area is 331 Å². The molecule has 3 heterocycles. The van der Waals surface area contributed by atoms with Crippen LogP contribution in [0.2, 0.25) is 0 Å². The number of pyridine rings is 1. The van der Waals surface area contributed by atoms with Gasteiger partial charge >= 0.3 is 0 Å². The molecule has 7 aromatic carbocycles. The van der Waals surface area contributed by atoms with Crippen LogP contribution in [0.1, 0.15) is 11.3 Å². The number of hydrogen-bond donors (Lipinski definition) is 0. The van der Waals surface area contributed by atoms with Gasteiger partial charge in [-0.1, -0.05) is 146 Å². The maximum atomic E-state index is 5.10. The smallest absolute Gasteiger partial charge is 0.0715 e. The van der Waals surface area contributed by atoms with Crippen LogP contribution < -0.4 is 0 Å². The van der Waals surface area contributed by atoms with Crippen molar-refractivity contribution in [3.63, 3.8) is 0 Å². The van der Waals surface area contributed by atoms with Gasteiger partial charge in [0.15, 0.2) is 0 Å². The van der Waals surface area contributed by atoms with E-state index < -0.39 is 0 Å². The molecular formula is C54H37N3. The lowest BCUT2D eigenvalue weighted by Crippen LogP contribution is -1.97. The van der Waals surface area contributed by atoms with Crippen molar-refractivity contribution in [3.05, 3.63) is 218 Å². The second kappa shape index (κ2) is 13.7. The largest absolute Gasteiger partial charge is 0.310 e. The molecule has 3 aromatic heterocycles. The Morgan fingerprint density at radius 3 is 1.70 bits per heavy atom. The van der Waals surface area contributed by atoms with Gasteiger partial charge in [0.2, 0.25) is 0 Å². The quantitative estimate of drug-likeness (QED) is 0.167. The fraction of sp³-hybridized carbons (Fsp3) is 0.0185. The number of nitrogens with zero attached hydrogens (tertiary/aromatic N) is 3. The molecule has 0 radical (unpaired) electrons. The predicted molar refractivity (Wildman–Crippen MR) is 239 cm³/mol. The van der Waals surface area contributed by atoms with Crippen LogP contribution in [-0.4, -0.2) is 14.1 Å². The average Bonchev–Trinajstić information content (AvgIpc) is 3.66. The molecule has 0 saturated carbocycles.